The second kappa shape index (κ2) is 10.2. The summed E-state index contributed by atoms with van der Waals surface area (Å²) in [5.74, 6) is -0.426. The Labute approximate surface area is 174 Å². The molecule has 160 valence electrons. The van der Waals surface area contributed by atoms with Crippen LogP contribution in [0.25, 0.3) is 0 Å². The van der Waals surface area contributed by atoms with Gasteiger partial charge in [-0.1, -0.05) is 29.8 Å². The number of rotatable bonds is 9. The number of methoxy groups -OCH3 is 1. The molecule has 2 aromatic rings. The first-order valence-electron chi connectivity index (χ1n) is 9.28. The van der Waals surface area contributed by atoms with Crippen molar-refractivity contribution in [2.45, 2.75) is 26.4 Å². The molecule has 0 bridgehead atoms. The summed E-state index contributed by atoms with van der Waals surface area (Å²) >= 11 is 0. The third-order valence-electron chi connectivity index (χ3n) is 4.60. The summed E-state index contributed by atoms with van der Waals surface area (Å²) in [5.41, 5.74) is 1.76. The number of nitro benzene ring substituents is 1. The molecule has 0 spiro atoms. The smallest absolute Gasteiger partial charge is 0.311 e. The normalized spacial score (nSPS) is 11.3. The highest BCUT2D eigenvalue weighted by atomic mass is 16.6. The van der Waals surface area contributed by atoms with Crippen LogP contribution in [0.1, 0.15) is 18.1 Å². The number of nitrogens with zero attached hydrogens (tertiary/aromatic N) is 2. The molecule has 2 amide bonds. The Hall–Kier alpha value is -3.62. The second-order valence-electron chi connectivity index (χ2n) is 6.68. The zero-order valence-corrected chi connectivity index (χ0v) is 17.4. The molecular weight excluding hydrogens is 390 g/mol. The molecule has 0 saturated carbocycles. The number of amides is 2. The van der Waals surface area contributed by atoms with Crippen LogP contribution in [-0.2, 0) is 16.1 Å². The Balaban J connectivity index is 2.16. The lowest BCUT2D eigenvalue weighted by molar-refractivity contribution is -0.385. The van der Waals surface area contributed by atoms with E-state index in [2.05, 4.69) is 5.32 Å². The number of nitrogens with one attached hydrogen (secondary N) is 1. The van der Waals surface area contributed by atoms with E-state index in [0.717, 1.165) is 11.1 Å². The minimum Gasteiger partial charge on any atom is -0.490 e. The molecule has 0 unspecified atom stereocenters. The average Bonchev–Trinajstić information content (AvgIpc) is 2.75. The zero-order chi connectivity index (χ0) is 22.3. The summed E-state index contributed by atoms with van der Waals surface area (Å²) in [5, 5.41) is 13.5. The number of nitro groups is 1. The Morgan fingerprint density at radius 1 is 1.20 bits per heavy atom. The van der Waals surface area contributed by atoms with Gasteiger partial charge in [0.05, 0.1) is 12.0 Å². The van der Waals surface area contributed by atoms with E-state index in [-0.39, 0.29) is 36.2 Å². The van der Waals surface area contributed by atoms with E-state index in [0.29, 0.717) is 0 Å². The molecular formula is C21H25N3O6. The van der Waals surface area contributed by atoms with Gasteiger partial charge in [0, 0.05) is 25.7 Å². The molecule has 30 heavy (non-hydrogen) atoms. The average molecular weight is 415 g/mol. The molecule has 9 heteroatoms. The maximum Gasteiger partial charge on any atom is 0.311 e. The van der Waals surface area contributed by atoms with Gasteiger partial charge in [-0.2, -0.15) is 0 Å². The third kappa shape index (κ3) is 5.69. The molecule has 0 aliphatic rings. The summed E-state index contributed by atoms with van der Waals surface area (Å²) in [6.07, 6.45) is 0. The number of benzene rings is 2. The summed E-state index contributed by atoms with van der Waals surface area (Å²) in [7, 11) is 2.82. The number of hydrogen-bond acceptors (Lipinski definition) is 6. The fourth-order valence-electron chi connectivity index (χ4n) is 2.81. The van der Waals surface area contributed by atoms with Crippen LogP contribution in [0.4, 0.5) is 5.69 Å². The van der Waals surface area contributed by atoms with Crippen molar-refractivity contribution in [3.8, 4) is 11.5 Å². The summed E-state index contributed by atoms with van der Waals surface area (Å²) in [6, 6.07) is 10.9. The van der Waals surface area contributed by atoms with Crippen LogP contribution in [0.15, 0.2) is 42.5 Å². The summed E-state index contributed by atoms with van der Waals surface area (Å²) in [4.78, 5) is 36.8. The number of ether oxygens (including phenoxy) is 2. The molecule has 0 aliphatic carbocycles. The predicted octanol–water partition coefficient (Wildman–Crippen LogP) is 2.45. The van der Waals surface area contributed by atoms with Gasteiger partial charge in [-0.15, -0.1) is 0 Å². The molecule has 1 atom stereocenters. The quantitative estimate of drug-likeness (QED) is 0.497. The molecule has 0 aliphatic heterocycles. The number of carbonyl (C=O) groups excluding carboxylic acids is 2. The number of aryl methyl sites for hydroxylation is 1. The first-order chi connectivity index (χ1) is 14.3. The Morgan fingerprint density at radius 2 is 1.87 bits per heavy atom. The summed E-state index contributed by atoms with van der Waals surface area (Å²) < 4.78 is 10.5. The van der Waals surface area contributed by atoms with Crippen LogP contribution in [0, 0.1) is 17.0 Å². The van der Waals surface area contributed by atoms with Gasteiger partial charge in [-0.3, -0.25) is 19.7 Å². The molecule has 0 heterocycles. The maximum absolute atomic E-state index is 12.9. The van der Waals surface area contributed by atoms with Gasteiger partial charge < -0.3 is 19.7 Å². The Bertz CT molecular complexity index is 913. The van der Waals surface area contributed by atoms with Crippen molar-refractivity contribution >= 4 is 17.5 Å². The van der Waals surface area contributed by atoms with Crippen LogP contribution < -0.4 is 14.8 Å². The van der Waals surface area contributed by atoms with E-state index in [9.17, 15) is 19.7 Å². The number of likely N-dealkylation sites (N-methyl/N-ethyl adjacent to an activating group) is 1. The Kier molecular flexibility index (Phi) is 7.74. The molecule has 0 saturated heterocycles. The molecule has 2 rings (SSSR count). The standard InChI is InChI=1S/C21H25N3O6/c1-14-5-7-16(8-6-14)12-23(15(2)21(26)22-3)20(25)13-30-17-9-10-18(24(27)28)19(11-17)29-4/h5-11,15H,12-13H2,1-4H3,(H,22,26)/t15-/m0/s1. The lowest BCUT2D eigenvalue weighted by Gasteiger charge is -2.28. The van der Waals surface area contributed by atoms with Crippen LogP contribution in [0.2, 0.25) is 0 Å². The van der Waals surface area contributed by atoms with Crippen molar-refractivity contribution < 1.29 is 24.0 Å². The zero-order valence-electron chi connectivity index (χ0n) is 17.4. The minimum absolute atomic E-state index is 0.0280. The monoisotopic (exact) mass is 415 g/mol. The first kappa shape index (κ1) is 22.7. The van der Waals surface area contributed by atoms with Gasteiger partial charge in [0.25, 0.3) is 5.91 Å². The van der Waals surface area contributed by atoms with E-state index < -0.39 is 16.9 Å². The van der Waals surface area contributed by atoms with Crippen LogP contribution in [-0.4, -0.2) is 48.4 Å². The molecule has 9 nitrogen and oxygen atoms in total. The lowest BCUT2D eigenvalue weighted by atomic mass is 10.1. The van der Waals surface area contributed by atoms with E-state index in [1.165, 1.54) is 37.3 Å². The van der Waals surface area contributed by atoms with E-state index in [1.807, 2.05) is 31.2 Å². The molecule has 0 radical (unpaired) electrons. The van der Waals surface area contributed by atoms with Gasteiger partial charge in [0.1, 0.15) is 11.8 Å². The van der Waals surface area contributed by atoms with Gasteiger partial charge in [0.15, 0.2) is 6.61 Å². The molecule has 2 aromatic carbocycles. The van der Waals surface area contributed by atoms with Crippen molar-refractivity contribution in [2.24, 2.45) is 0 Å². The van der Waals surface area contributed by atoms with Gasteiger partial charge in [-0.25, -0.2) is 0 Å². The van der Waals surface area contributed by atoms with Crippen LogP contribution >= 0.6 is 0 Å². The fraction of sp³-hybridized carbons (Fsp3) is 0.333. The Morgan fingerprint density at radius 3 is 2.43 bits per heavy atom. The van der Waals surface area contributed by atoms with E-state index in [4.69, 9.17) is 9.47 Å². The number of hydrogen-bond donors (Lipinski definition) is 1. The maximum atomic E-state index is 12.9. The highest BCUT2D eigenvalue weighted by Crippen LogP contribution is 2.30. The molecule has 1 N–H and O–H groups in total. The SMILES string of the molecule is CNC(=O)[C@H](C)N(Cc1ccc(C)cc1)C(=O)COc1ccc([N+](=O)[O-])c(OC)c1. The van der Waals surface area contributed by atoms with Gasteiger partial charge >= 0.3 is 5.69 Å². The molecule has 0 fully saturated rings. The highest BCUT2D eigenvalue weighted by molar-refractivity contribution is 5.87. The summed E-state index contributed by atoms with van der Waals surface area (Å²) in [6.45, 7) is 3.50. The minimum atomic E-state index is -0.709. The highest BCUT2D eigenvalue weighted by Gasteiger charge is 2.26. The van der Waals surface area contributed by atoms with Gasteiger partial charge in [-0.05, 0) is 25.5 Å². The van der Waals surface area contributed by atoms with Crippen molar-refractivity contribution in [1.82, 2.24) is 10.2 Å². The molecule has 0 aromatic heterocycles. The van der Waals surface area contributed by atoms with Crippen molar-refractivity contribution in [3.63, 3.8) is 0 Å². The van der Waals surface area contributed by atoms with Gasteiger partial charge in [0.2, 0.25) is 11.7 Å². The number of carbonyl (C=O) groups is 2. The van der Waals surface area contributed by atoms with E-state index in [1.54, 1.807) is 6.92 Å². The van der Waals surface area contributed by atoms with Crippen molar-refractivity contribution in [1.29, 1.82) is 0 Å². The second-order valence-corrected chi connectivity index (χ2v) is 6.68. The third-order valence-corrected chi connectivity index (χ3v) is 4.60. The van der Waals surface area contributed by atoms with Crippen molar-refractivity contribution in [3.05, 3.63) is 63.7 Å². The predicted molar refractivity (Wildman–Crippen MR) is 110 cm³/mol. The van der Waals surface area contributed by atoms with Crippen LogP contribution in [0.5, 0.6) is 11.5 Å². The first-order valence-corrected chi connectivity index (χ1v) is 9.28. The van der Waals surface area contributed by atoms with E-state index >= 15 is 0 Å². The van der Waals surface area contributed by atoms with Crippen molar-refractivity contribution in [2.75, 3.05) is 20.8 Å². The topological polar surface area (TPSA) is 111 Å². The largest absolute Gasteiger partial charge is 0.490 e. The lowest BCUT2D eigenvalue weighted by Crippen LogP contribution is -2.48. The fourth-order valence-corrected chi connectivity index (χ4v) is 2.81. The van der Waals surface area contributed by atoms with Crippen LogP contribution in [0.3, 0.4) is 0 Å².